The van der Waals surface area contributed by atoms with Gasteiger partial charge in [0.2, 0.25) is 11.8 Å². The zero-order valence-electron chi connectivity index (χ0n) is 11.3. The van der Waals surface area contributed by atoms with Crippen LogP contribution in [0.1, 0.15) is 60.7 Å². The molecule has 0 saturated heterocycles. The second kappa shape index (κ2) is 5.17. The molecule has 8 heteroatoms. The van der Waals surface area contributed by atoms with Gasteiger partial charge in [-0.2, -0.15) is 15.4 Å². The highest BCUT2D eigenvalue weighted by Crippen LogP contribution is 2.17. The smallest absolute Gasteiger partial charge is 0.274 e. The number of H-pyrrole nitrogens is 1. The number of carbonyl (C=O) groups is 1. The Kier molecular flexibility index (Phi) is 3.59. The fourth-order valence-electron chi connectivity index (χ4n) is 1.48. The minimum Gasteiger partial charge on any atom is -0.423 e. The van der Waals surface area contributed by atoms with Crippen molar-refractivity contribution in [3.8, 4) is 0 Å². The molecule has 0 saturated carbocycles. The molecule has 2 N–H and O–H groups in total. The lowest BCUT2D eigenvalue weighted by molar-refractivity contribution is 0.0928. The van der Waals surface area contributed by atoms with Crippen LogP contribution in [0.25, 0.3) is 0 Å². The van der Waals surface area contributed by atoms with Crippen molar-refractivity contribution in [3.63, 3.8) is 0 Å². The van der Waals surface area contributed by atoms with E-state index in [2.05, 4.69) is 30.9 Å². The van der Waals surface area contributed by atoms with Crippen LogP contribution >= 0.6 is 0 Å². The summed E-state index contributed by atoms with van der Waals surface area (Å²) < 4.78 is 5.47. The van der Waals surface area contributed by atoms with Gasteiger partial charge < -0.3 is 9.73 Å². The minimum absolute atomic E-state index is 0.155. The largest absolute Gasteiger partial charge is 0.423 e. The van der Waals surface area contributed by atoms with Gasteiger partial charge in [-0.25, -0.2) is 0 Å². The quantitative estimate of drug-likeness (QED) is 0.856. The number of aromatic nitrogens is 5. The van der Waals surface area contributed by atoms with Gasteiger partial charge in [-0.3, -0.25) is 4.79 Å². The van der Waals surface area contributed by atoms with Crippen molar-refractivity contribution in [2.75, 3.05) is 0 Å². The first-order valence-electron chi connectivity index (χ1n) is 6.00. The Bertz CT molecular complexity index is 573. The first-order chi connectivity index (χ1) is 8.99. The van der Waals surface area contributed by atoms with E-state index in [9.17, 15) is 4.79 Å². The molecule has 1 amide bonds. The lowest BCUT2D eigenvalue weighted by atomic mass is 10.2. The SMILES string of the molecule is Cc1n[nH]nc1C(=O)N[C@H](C)c1nnc(C(C)C)o1. The van der Waals surface area contributed by atoms with Crippen LogP contribution in [-0.2, 0) is 0 Å². The lowest BCUT2D eigenvalue weighted by Gasteiger charge is -2.08. The average Bonchev–Trinajstić information content (AvgIpc) is 2.96. The Morgan fingerprint density at radius 2 is 1.89 bits per heavy atom. The Hall–Kier alpha value is -2.25. The zero-order valence-corrected chi connectivity index (χ0v) is 11.3. The molecule has 2 aromatic heterocycles. The predicted octanol–water partition coefficient (Wildman–Crippen LogP) is 1.11. The summed E-state index contributed by atoms with van der Waals surface area (Å²) in [6.07, 6.45) is 0. The molecule has 2 heterocycles. The number of aromatic amines is 1. The van der Waals surface area contributed by atoms with E-state index in [1.54, 1.807) is 13.8 Å². The number of nitrogens with zero attached hydrogens (tertiary/aromatic N) is 4. The maximum atomic E-state index is 11.9. The van der Waals surface area contributed by atoms with Crippen LogP contribution in [0, 0.1) is 6.92 Å². The molecule has 0 fully saturated rings. The molecule has 2 rings (SSSR count). The van der Waals surface area contributed by atoms with Crippen LogP contribution in [0.4, 0.5) is 0 Å². The van der Waals surface area contributed by atoms with E-state index in [1.165, 1.54) is 0 Å². The van der Waals surface area contributed by atoms with Gasteiger partial charge in [-0.15, -0.1) is 10.2 Å². The first kappa shape index (κ1) is 13.2. The Morgan fingerprint density at radius 1 is 1.21 bits per heavy atom. The van der Waals surface area contributed by atoms with E-state index < -0.39 is 0 Å². The van der Waals surface area contributed by atoms with E-state index in [4.69, 9.17) is 4.42 Å². The summed E-state index contributed by atoms with van der Waals surface area (Å²) in [4.78, 5) is 11.9. The molecule has 2 aromatic rings. The maximum absolute atomic E-state index is 11.9. The van der Waals surface area contributed by atoms with Crippen molar-refractivity contribution in [1.29, 1.82) is 0 Å². The third-order valence-corrected chi connectivity index (χ3v) is 2.61. The monoisotopic (exact) mass is 264 g/mol. The number of nitrogens with one attached hydrogen (secondary N) is 2. The fraction of sp³-hybridized carbons (Fsp3) is 0.545. The molecule has 19 heavy (non-hydrogen) atoms. The van der Waals surface area contributed by atoms with Crippen LogP contribution < -0.4 is 5.32 Å². The molecule has 0 spiro atoms. The number of amides is 1. The highest BCUT2D eigenvalue weighted by atomic mass is 16.4. The van der Waals surface area contributed by atoms with Crippen molar-refractivity contribution in [3.05, 3.63) is 23.2 Å². The van der Waals surface area contributed by atoms with Gasteiger partial charge in [0.15, 0.2) is 5.69 Å². The van der Waals surface area contributed by atoms with Crippen molar-refractivity contribution in [1.82, 2.24) is 30.9 Å². The van der Waals surface area contributed by atoms with Crippen LogP contribution in [0.5, 0.6) is 0 Å². The number of carbonyl (C=O) groups excluding carboxylic acids is 1. The number of hydrogen-bond acceptors (Lipinski definition) is 6. The zero-order chi connectivity index (χ0) is 14.0. The molecule has 0 aromatic carbocycles. The van der Waals surface area contributed by atoms with E-state index in [0.29, 0.717) is 17.5 Å². The van der Waals surface area contributed by atoms with Gasteiger partial charge in [-0.1, -0.05) is 13.8 Å². The van der Waals surface area contributed by atoms with Gasteiger partial charge in [0.25, 0.3) is 5.91 Å². The minimum atomic E-state index is -0.386. The number of aryl methyl sites for hydroxylation is 1. The first-order valence-corrected chi connectivity index (χ1v) is 6.00. The topological polar surface area (TPSA) is 110 Å². The van der Waals surface area contributed by atoms with Crippen LogP contribution in [-0.4, -0.2) is 31.5 Å². The third kappa shape index (κ3) is 2.78. The van der Waals surface area contributed by atoms with Gasteiger partial charge >= 0.3 is 0 Å². The number of hydrogen-bond donors (Lipinski definition) is 2. The highest BCUT2D eigenvalue weighted by molar-refractivity contribution is 5.93. The molecular weight excluding hydrogens is 248 g/mol. The third-order valence-electron chi connectivity index (χ3n) is 2.61. The Morgan fingerprint density at radius 3 is 2.42 bits per heavy atom. The van der Waals surface area contributed by atoms with Gasteiger partial charge in [0.1, 0.15) is 6.04 Å². The molecule has 0 aliphatic rings. The average molecular weight is 264 g/mol. The summed E-state index contributed by atoms with van der Waals surface area (Å²) in [7, 11) is 0. The summed E-state index contributed by atoms with van der Waals surface area (Å²) in [6.45, 7) is 7.39. The molecule has 0 aliphatic carbocycles. The van der Waals surface area contributed by atoms with Crippen LogP contribution in [0.3, 0.4) is 0 Å². The summed E-state index contributed by atoms with van der Waals surface area (Å²) in [5, 5.41) is 20.6. The van der Waals surface area contributed by atoms with Crippen molar-refractivity contribution >= 4 is 5.91 Å². The molecule has 0 unspecified atom stereocenters. The molecule has 8 nitrogen and oxygen atoms in total. The lowest BCUT2D eigenvalue weighted by Crippen LogP contribution is -2.27. The van der Waals surface area contributed by atoms with Crippen molar-refractivity contribution in [2.24, 2.45) is 0 Å². The van der Waals surface area contributed by atoms with Crippen LogP contribution in [0.2, 0.25) is 0 Å². The maximum Gasteiger partial charge on any atom is 0.274 e. The Labute approximate surface area is 110 Å². The van der Waals surface area contributed by atoms with E-state index in [1.807, 2.05) is 13.8 Å². The summed E-state index contributed by atoms with van der Waals surface area (Å²) in [5.74, 6) is 0.747. The molecule has 0 bridgehead atoms. The highest BCUT2D eigenvalue weighted by Gasteiger charge is 2.20. The predicted molar refractivity (Wildman–Crippen MR) is 65.4 cm³/mol. The number of rotatable bonds is 4. The summed E-state index contributed by atoms with van der Waals surface area (Å²) >= 11 is 0. The van der Waals surface area contributed by atoms with Gasteiger partial charge in [-0.05, 0) is 13.8 Å². The van der Waals surface area contributed by atoms with Crippen LogP contribution in [0.15, 0.2) is 4.42 Å². The standard InChI is InChI=1S/C11H16N6O2/c1-5(2)10-15-16-11(19-10)7(4)12-9(18)8-6(3)13-17-14-8/h5,7H,1-4H3,(H,12,18)(H,13,14,17)/t7-/m1/s1. The van der Waals surface area contributed by atoms with Gasteiger partial charge in [0, 0.05) is 5.92 Å². The second-order valence-corrected chi connectivity index (χ2v) is 4.59. The van der Waals surface area contributed by atoms with E-state index >= 15 is 0 Å². The van der Waals surface area contributed by atoms with Crippen molar-refractivity contribution in [2.45, 2.75) is 39.7 Å². The molecule has 1 atom stereocenters. The van der Waals surface area contributed by atoms with E-state index in [-0.39, 0.29) is 23.6 Å². The summed E-state index contributed by atoms with van der Waals surface area (Å²) in [6, 6.07) is -0.386. The molecular formula is C11H16N6O2. The summed E-state index contributed by atoms with van der Waals surface area (Å²) in [5.41, 5.74) is 0.800. The molecule has 102 valence electrons. The van der Waals surface area contributed by atoms with Gasteiger partial charge in [0.05, 0.1) is 5.69 Å². The van der Waals surface area contributed by atoms with Crippen molar-refractivity contribution < 1.29 is 9.21 Å². The second-order valence-electron chi connectivity index (χ2n) is 4.59. The molecule has 0 aliphatic heterocycles. The van der Waals surface area contributed by atoms with E-state index in [0.717, 1.165) is 0 Å². The molecule has 0 radical (unpaired) electrons. The normalized spacial score (nSPS) is 12.7. The fourth-order valence-corrected chi connectivity index (χ4v) is 1.48. The Balaban J connectivity index is 2.06.